The van der Waals surface area contributed by atoms with E-state index in [1.807, 2.05) is 0 Å². The van der Waals surface area contributed by atoms with E-state index >= 15 is 0 Å². The lowest BCUT2D eigenvalue weighted by atomic mass is 10.3. The van der Waals surface area contributed by atoms with Crippen molar-refractivity contribution in [1.82, 2.24) is 0 Å². The van der Waals surface area contributed by atoms with E-state index in [0.29, 0.717) is 0 Å². The van der Waals surface area contributed by atoms with Gasteiger partial charge in [-0.25, -0.2) is 8.78 Å². The van der Waals surface area contributed by atoms with Gasteiger partial charge in [-0.05, 0) is 24.3 Å². The van der Waals surface area contributed by atoms with Crippen molar-refractivity contribution in [2.45, 2.75) is 7.43 Å². The number of hydrogen-bond acceptors (Lipinski definition) is 0. The molecule has 9 heavy (non-hydrogen) atoms. The molecule has 0 bridgehead atoms. The predicted molar refractivity (Wildman–Crippen MR) is 33.1 cm³/mol. The van der Waals surface area contributed by atoms with Crippen molar-refractivity contribution in [2.75, 3.05) is 0 Å². The summed E-state index contributed by atoms with van der Waals surface area (Å²) in [5, 5.41) is 0. The van der Waals surface area contributed by atoms with Gasteiger partial charge in [-0.3, -0.25) is 0 Å². The van der Waals surface area contributed by atoms with Crippen LogP contribution >= 0.6 is 0 Å². The summed E-state index contributed by atoms with van der Waals surface area (Å²) < 4.78 is 23.8. The number of hydrogen-bond donors (Lipinski definition) is 0. The van der Waals surface area contributed by atoms with Gasteiger partial charge >= 0.3 is 0 Å². The zero-order valence-electron chi connectivity index (χ0n) is 4.07. The molecule has 0 saturated heterocycles. The second kappa shape index (κ2) is 3.17. The Labute approximate surface area is 53.1 Å². The number of halogens is 2. The lowest BCUT2D eigenvalue weighted by molar-refractivity contribution is 0.600. The Morgan fingerprint density at radius 2 is 1.00 bits per heavy atom. The van der Waals surface area contributed by atoms with Crippen LogP contribution < -0.4 is 0 Å². The van der Waals surface area contributed by atoms with Crippen LogP contribution in [0.15, 0.2) is 24.3 Å². The lowest BCUT2D eigenvalue weighted by Crippen LogP contribution is -1.72. The Hall–Kier alpha value is -0.920. The zero-order valence-corrected chi connectivity index (χ0v) is 4.07. The van der Waals surface area contributed by atoms with Crippen molar-refractivity contribution >= 4 is 0 Å². The van der Waals surface area contributed by atoms with Crippen LogP contribution in [0.3, 0.4) is 0 Å². The third kappa shape index (κ3) is 2.22. The minimum Gasteiger partial charge on any atom is -0.207 e. The smallest absolute Gasteiger partial charge is 0.123 e. The van der Waals surface area contributed by atoms with Crippen LogP contribution in [0.2, 0.25) is 0 Å². The minimum absolute atomic E-state index is 0. The first-order chi connectivity index (χ1) is 3.79. The largest absolute Gasteiger partial charge is 0.207 e. The normalized spacial score (nSPS) is 8.22. The van der Waals surface area contributed by atoms with E-state index < -0.39 is 11.6 Å². The Morgan fingerprint density at radius 3 is 1.22 bits per heavy atom. The van der Waals surface area contributed by atoms with E-state index in [1.54, 1.807) is 0 Å². The molecular formula is C7H8F2. The molecule has 1 aromatic carbocycles. The SMILES string of the molecule is C.Fc1ccc(F)cc1. The Balaban J connectivity index is 0.000000640. The van der Waals surface area contributed by atoms with E-state index in [1.165, 1.54) is 0 Å². The number of benzene rings is 1. The molecule has 0 atom stereocenters. The molecule has 0 N–H and O–H groups in total. The van der Waals surface area contributed by atoms with Crippen LogP contribution in [0, 0.1) is 11.6 Å². The molecule has 0 aliphatic carbocycles. The summed E-state index contributed by atoms with van der Waals surface area (Å²) in [7, 11) is 0. The first-order valence-corrected chi connectivity index (χ1v) is 2.20. The molecule has 0 spiro atoms. The first-order valence-electron chi connectivity index (χ1n) is 2.20. The Kier molecular flexibility index (Phi) is 2.85. The fourth-order valence-corrected chi connectivity index (χ4v) is 0.430. The highest BCUT2D eigenvalue weighted by Gasteiger charge is 1.86. The van der Waals surface area contributed by atoms with Gasteiger partial charge in [0.05, 0.1) is 0 Å². The van der Waals surface area contributed by atoms with Gasteiger partial charge in [0.1, 0.15) is 11.6 Å². The predicted octanol–water partition coefficient (Wildman–Crippen LogP) is 2.60. The summed E-state index contributed by atoms with van der Waals surface area (Å²) in [5.41, 5.74) is 0. The van der Waals surface area contributed by atoms with Crippen molar-refractivity contribution in [1.29, 1.82) is 0 Å². The molecule has 0 nitrogen and oxygen atoms in total. The zero-order chi connectivity index (χ0) is 5.98. The number of rotatable bonds is 0. The highest BCUT2D eigenvalue weighted by Crippen LogP contribution is 1.98. The van der Waals surface area contributed by atoms with Gasteiger partial charge in [-0.2, -0.15) is 0 Å². The maximum absolute atomic E-state index is 11.9. The highest BCUT2D eigenvalue weighted by molar-refractivity contribution is 5.04. The van der Waals surface area contributed by atoms with E-state index in [0.717, 1.165) is 24.3 Å². The van der Waals surface area contributed by atoms with Crippen LogP contribution in [-0.4, -0.2) is 0 Å². The quantitative estimate of drug-likeness (QED) is 0.506. The van der Waals surface area contributed by atoms with E-state index in [9.17, 15) is 8.78 Å². The highest BCUT2D eigenvalue weighted by atomic mass is 19.1. The Morgan fingerprint density at radius 1 is 0.778 bits per heavy atom. The molecule has 0 fully saturated rings. The monoisotopic (exact) mass is 130 g/mol. The average molecular weight is 130 g/mol. The Bertz CT molecular complexity index is 146. The van der Waals surface area contributed by atoms with Crippen molar-refractivity contribution in [2.24, 2.45) is 0 Å². The molecule has 1 aromatic rings. The van der Waals surface area contributed by atoms with Crippen molar-refractivity contribution in [3.8, 4) is 0 Å². The summed E-state index contributed by atoms with van der Waals surface area (Å²) in [4.78, 5) is 0. The molecular weight excluding hydrogens is 122 g/mol. The van der Waals surface area contributed by atoms with E-state index in [2.05, 4.69) is 0 Å². The average Bonchev–Trinajstić information content (AvgIpc) is 1.77. The fourth-order valence-electron chi connectivity index (χ4n) is 0.430. The molecule has 0 unspecified atom stereocenters. The molecule has 1 rings (SSSR count). The van der Waals surface area contributed by atoms with Crippen molar-refractivity contribution < 1.29 is 8.78 Å². The third-order valence-electron chi connectivity index (χ3n) is 0.804. The van der Waals surface area contributed by atoms with Gasteiger partial charge < -0.3 is 0 Å². The lowest BCUT2D eigenvalue weighted by Gasteiger charge is -1.83. The van der Waals surface area contributed by atoms with Crippen molar-refractivity contribution in [3.05, 3.63) is 35.9 Å². The van der Waals surface area contributed by atoms with Crippen LogP contribution in [-0.2, 0) is 0 Å². The van der Waals surface area contributed by atoms with Gasteiger partial charge in [0, 0.05) is 0 Å². The molecule has 0 amide bonds. The standard InChI is InChI=1S/C6H4F2.CH4/c7-5-1-2-6(8)4-3-5;/h1-4H;1H4. The molecule has 0 aliphatic heterocycles. The van der Waals surface area contributed by atoms with Gasteiger partial charge in [0.15, 0.2) is 0 Å². The molecule has 0 aromatic heterocycles. The van der Waals surface area contributed by atoms with Gasteiger partial charge in [-0.15, -0.1) is 0 Å². The second-order valence-electron chi connectivity index (χ2n) is 1.44. The molecule has 50 valence electrons. The van der Waals surface area contributed by atoms with Crippen LogP contribution in [0.1, 0.15) is 7.43 Å². The van der Waals surface area contributed by atoms with E-state index in [4.69, 9.17) is 0 Å². The fraction of sp³-hybridized carbons (Fsp3) is 0.143. The minimum atomic E-state index is -0.411. The maximum atomic E-state index is 11.9. The second-order valence-corrected chi connectivity index (χ2v) is 1.44. The van der Waals surface area contributed by atoms with Gasteiger partial charge in [0.2, 0.25) is 0 Å². The van der Waals surface area contributed by atoms with Crippen LogP contribution in [0.4, 0.5) is 8.78 Å². The van der Waals surface area contributed by atoms with Crippen molar-refractivity contribution in [3.63, 3.8) is 0 Å². The molecule has 0 radical (unpaired) electrons. The molecule has 2 heteroatoms. The molecule has 0 aliphatic rings. The van der Waals surface area contributed by atoms with Gasteiger partial charge in [0.25, 0.3) is 0 Å². The van der Waals surface area contributed by atoms with Crippen LogP contribution in [0.25, 0.3) is 0 Å². The third-order valence-corrected chi connectivity index (χ3v) is 0.804. The molecule has 0 heterocycles. The first kappa shape index (κ1) is 8.08. The maximum Gasteiger partial charge on any atom is 0.123 e. The summed E-state index contributed by atoms with van der Waals surface area (Å²) in [6.07, 6.45) is 0. The van der Waals surface area contributed by atoms with E-state index in [-0.39, 0.29) is 7.43 Å². The topological polar surface area (TPSA) is 0 Å². The van der Waals surface area contributed by atoms with Crippen LogP contribution in [0.5, 0.6) is 0 Å². The molecule has 0 saturated carbocycles. The summed E-state index contributed by atoms with van der Waals surface area (Å²) in [5.74, 6) is -0.821. The summed E-state index contributed by atoms with van der Waals surface area (Å²) in [6, 6.07) is 4.31. The van der Waals surface area contributed by atoms with Gasteiger partial charge in [-0.1, -0.05) is 7.43 Å². The summed E-state index contributed by atoms with van der Waals surface area (Å²) >= 11 is 0. The summed E-state index contributed by atoms with van der Waals surface area (Å²) in [6.45, 7) is 0.